The summed E-state index contributed by atoms with van der Waals surface area (Å²) in [5.41, 5.74) is 2.22. The van der Waals surface area contributed by atoms with E-state index in [4.69, 9.17) is 5.26 Å². The lowest BCUT2D eigenvalue weighted by Gasteiger charge is -2.04. The van der Waals surface area contributed by atoms with Gasteiger partial charge in [-0.3, -0.25) is 0 Å². The van der Waals surface area contributed by atoms with Crippen molar-refractivity contribution in [3.8, 4) is 11.8 Å². The molecule has 3 aromatic rings. The lowest BCUT2D eigenvalue weighted by Crippen LogP contribution is -2.01. The molecule has 0 unspecified atom stereocenters. The molecule has 0 aliphatic carbocycles. The first-order valence-corrected chi connectivity index (χ1v) is 6.26. The Morgan fingerprint density at radius 1 is 1.25 bits per heavy atom. The summed E-state index contributed by atoms with van der Waals surface area (Å²) in [6.07, 6.45) is 3.26. The Labute approximate surface area is 115 Å². The highest BCUT2D eigenvalue weighted by Crippen LogP contribution is 2.21. The Kier molecular flexibility index (Phi) is 3.01. The molecule has 0 bridgehead atoms. The Morgan fingerprint density at radius 2 is 2.05 bits per heavy atom. The van der Waals surface area contributed by atoms with Crippen LogP contribution in [0.2, 0.25) is 0 Å². The molecule has 6 nitrogen and oxygen atoms in total. The van der Waals surface area contributed by atoms with E-state index in [1.807, 2.05) is 19.1 Å². The van der Waals surface area contributed by atoms with Crippen LogP contribution < -0.4 is 5.32 Å². The summed E-state index contributed by atoms with van der Waals surface area (Å²) in [6.45, 7) is 2.80. The molecule has 98 valence electrons. The molecule has 2 aromatic heterocycles. The van der Waals surface area contributed by atoms with Crippen LogP contribution in [0.4, 0.5) is 5.82 Å². The standard InChI is InChI=1S/C14H12N6/c1-2-16-13-12-8-19-20(14(12)18-9-17-13)11-5-3-10(7-15)4-6-11/h3-6,8-9H,2H2,1H3,(H,16,17,18). The quantitative estimate of drug-likeness (QED) is 0.783. The van der Waals surface area contributed by atoms with Gasteiger partial charge in [0.15, 0.2) is 5.65 Å². The number of nitrogens with one attached hydrogen (secondary N) is 1. The Morgan fingerprint density at radius 3 is 2.75 bits per heavy atom. The highest BCUT2D eigenvalue weighted by atomic mass is 15.3. The molecule has 0 fully saturated rings. The van der Waals surface area contributed by atoms with Crippen LogP contribution in [0.25, 0.3) is 16.7 Å². The van der Waals surface area contributed by atoms with E-state index in [0.717, 1.165) is 29.1 Å². The summed E-state index contributed by atoms with van der Waals surface area (Å²) in [5.74, 6) is 0.775. The molecule has 0 aliphatic rings. The van der Waals surface area contributed by atoms with Gasteiger partial charge in [0.1, 0.15) is 12.1 Å². The van der Waals surface area contributed by atoms with E-state index in [-0.39, 0.29) is 0 Å². The third-order valence-electron chi connectivity index (χ3n) is 2.95. The Hall–Kier alpha value is -2.94. The number of rotatable bonds is 3. The van der Waals surface area contributed by atoms with Gasteiger partial charge in [-0.05, 0) is 31.2 Å². The predicted octanol–water partition coefficient (Wildman–Crippen LogP) is 2.12. The van der Waals surface area contributed by atoms with Crippen LogP contribution in [0, 0.1) is 11.3 Å². The Bertz CT molecular complexity index is 782. The number of fused-ring (bicyclic) bond motifs is 1. The van der Waals surface area contributed by atoms with Gasteiger partial charge in [0, 0.05) is 6.54 Å². The molecule has 6 heteroatoms. The average molecular weight is 264 g/mol. The number of hydrogen-bond acceptors (Lipinski definition) is 5. The second kappa shape index (κ2) is 4.97. The number of nitriles is 1. The van der Waals surface area contributed by atoms with Gasteiger partial charge in [-0.1, -0.05) is 0 Å². The minimum Gasteiger partial charge on any atom is -0.370 e. The number of anilines is 1. The van der Waals surface area contributed by atoms with Gasteiger partial charge in [-0.15, -0.1) is 0 Å². The van der Waals surface area contributed by atoms with Crippen LogP contribution in [-0.4, -0.2) is 26.3 Å². The SMILES string of the molecule is CCNc1ncnc2c1cnn2-c1ccc(C#N)cc1. The van der Waals surface area contributed by atoms with E-state index < -0.39 is 0 Å². The molecule has 0 saturated heterocycles. The van der Waals surface area contributed by atoms with Crippen LogP contribution in [-0.2, 0) is 0 Å². The topological polar surface area (TPSA) is 79.4 Å². The van der Waals surface area contributed by atoms with Crippen LogP contribution in [0.1, 0.15) is 12.5 Å². The second-order valence-corrected chi connectivity index (χ2v) is 4.20. The molecule has 0 spiro atoms. The number of benzene rings is 1. The fraction of sp³-hybridized carbons (Fsp3) is 0.143. The van der Waals surface area contributed by atoms with Crippen molar-refractivity contribution in [2.24, 2.45) is 0 Å². The van der Waals surface area contributed by atoms with Crippen molar-refractivity contribution in [3.05, 3.63) is 42.4 Å². The van der Waals surface area contributed by atoms with Crippen molar-refractivity contribution < 1.29 is 0 Å². The van der Waals surface area contributed by atoms with Gasteiger partial charge in [0.25, 0.3) is 0 Å². The highest BCUT2D eigenvalue weighted by Gasteiger charge is 2.10. The zero-order chi connectivity index (χ0) is 13.9. The summed E-state index contributed by atoms with van der Waals surface area (Å²) in [6, 6.07) is 9.31. The average Bonchev–Trinajstić information content (AvgIpc) is 2.93. The predicted molar refractivity (Wildman–Crippen MR) is 75.5 cm³/mol. The summed E-state index contributed by atoms with van der Waals surface area (Å²) < 4.78 is 1.74. The molecule has 20 heavy (non-hydrogen) atoms. The zero-order valence-electron chi connectivity index (χ0n) is 10.9. The maximum atomic E-state index is 8.82. The van der Waals surface area contributed by atoms with E-state index in [1.165, 1.54) is 6.33 Å². The molecule has 3 rings (SSSR count). The molecule has 1 N–H and O–H groups in total. The van der Waals surface area contributed by atoms with E-state index in [2.05, 4.69) is 26.5 Å². The van der Waals surface area contributed by atoms with Crippen molar-refractivity contribution >= 4 is 16.9 Å². The summed E-state index contributed by atoms with van der Waals surface area (Å²) in [7, 11) is 0. The first kappa shape index (κ1) is 12.1. The van der Waals surface area contributed by atoms with Crippen molar-refractivity contribution in [1.29, 1.82) is 5.26 Å². The van der Waals surface area contributed by atoms with E-state index >= 15 is 0 Å². The zero-order valence-corrected chi connectivity index (χ0v) is 10.9. The van der Waals surface area contributed by atoms with Crippen LogP contribution in [0.5, 0.6) is 0 Å². The minimum absolute atomic E-state index is 0.619. The van der Waals surface area contributed by atoms with Crippen LogP contribution in [0.15, 0.2) is 36.8 Å². The monoisotopic (exact) mass is 264 g/mol. The molecule has 0 atom stereocenters. The fourth-order valence-electron chi connectivity index (χ4n) is 2.02. The molecule has 1 aromatic carbocycles. The first-order valence-electron chi connectivity index (χ1n) is 6.26. The van der Waals surface area contributed by atoms with Crippen LogP contribution >= 0.6 is 0 Å². The third kappa shape index (κ3) is 1.95. The normalized spacial score (nSPS) is 10.4. The van der Waals surface area contributed by atoms with Gasteiger partial charge in [0.2, 0.25) is 0 Å². The lowest BCUT2D eigenvalue weighted by molar-refractivity contribution is 0.895. The number of hydrogen-bond donors (Lipinski definition) is 1. The number of nitrogens with zero attached hydrogens (tertiary/aromatic N) is 5. The van der Waals surface area contributed by atoms with Crippen molar-refractivity contribution in [3.63, 3.8) is 0 Å². The van der Waals surface area contributed by atoms with Crippen molar-refractivity contribution in [1.82, 2.24) is 19.7 Å². The lowest BCUT2D eigenvalue weighted by atomic mass is 10.2. The van der Waals surface area contributed by atoms with Gasteiger partial charge in [0.05, 0.1) is 28.9 Å². The summed E-state index contributed by atoms with van der Waals surface area (Å²) in [4.78, 5) is 8.50. The number of aromatic nitrogens is 4. The largest absolute Gasteiger partial charge is 0.370 e. The van der Waals surface area contributed by atoms with E-state index in [1.54, 1.807) is 23.0 Å². The highest BCUT2D eigenvalue weighted by molar-refractivity contribution is 5.87. The summed E-state index contributed by atoms with van der Waals surface area (Å²) >= 11 is 0. The second-order valence-electron chi connectivity index (χ2n) is 4.20. The van der Waals surface area contributed by atoms with Gasteiger partial charge >= 0.3 is 0 Å². The van der Waals surface area contributed by atoms with Crippen molar-refractivity contribution in [2.45, 2.75) is 6.92 Å². The van der Waals surface area contributed by atoms with Crippen LogP contribution in [0.3, 0.4) is 0 Å². The Balaban J connectivity index is 2.12. The van der Waals surface area contributed by atoms with Gasteiger partial charge in [-0.2, -0.15) is 10.4 Å². The molecule has 0 aliphatic heterocycles. The van der Waals surface area contributed by atoms with Gasteiger partial charge in [-0.25, -0.2) is 14.6 Å². The molecule has 0 saturated carbocycles. The molecular formula is C14H12N6. The maximum absolute atomic E-state index is 8.82. The van der Waals surface area contributed by atoms with Crippen molar-refractivity contribution in [2.75, 3.05) is 11.9 Å². The smallest absolute Gasteiger partial charge is 0.168 e. The third-order valence-corrected chi connectivity index (χ3v) is 2.95. The molecule has 0 radical (unpaired) electrons. The first-order chi connectivity index (χ1) is 9.83. The molecule has 2 heterocycles. The molecular weight excluding hydrogens is 252 g/mol. The van der Waals surface area contributed by atoms with E-state index in [0.29, 0.717) is 5.56 Å². The van der Waals surface area contributed by atoms with Gasteiger partial charge < -0.3 is 5.32 Å². The maximum Gasteiger partial charge on any atom is 0.168 e. The fourth-order valence-corrected chi connectivity index (χ4v) is 2.02. The van der Waals surface area contributed by atoms with E-state index in [9.17, 15) is 0 Å². The minimum atomic E-state index is 0.619. The molecule has 0 amide bonds. The summed E-state index contributed by atoms with van der Waals surface area (Å²) in [5, 5.41) is 17.2.